The summed E-state index contributed by atoms with van der Waals surface area (Å²) in [6.45, 7) is 2.84. The van der Waals surface area contributed by atoms with Gasteiger partial charge in [0.1, 0.15) is 5.82 Å². The minimum atomic E-state index is -0.175. The molecule has 1 aromatic carbocycles. The molecule has 2 aromatic heterocycles. The van der Waals surface area contributed by atoms with Crippen LogP contribution < -0.4 is 5.69 Å². The van der Waals surface area contributed by atoms with Crippen molar-refractivity contribution in [2.24, 2.45) is 0 Å². The van der Waals surface area contributed by atoms with Gasteiger partial charge in [-0.1, -0.05) is 24.3 Å². The standard InChI is InChI=1S/C19H21N5O/c25-19-22-21-18(24(19)17-8-2-1-3-9-17)16-7-5-11-23(14-16)13-15-6-4-10-20-12-15/h1-4,6,8-10,12,16H,5,7,11,13-14H2,(H,22,25). The fourth-order valence-electron chi connectivity index (χ4n) is 3.57. The Balaban J connectivity index is 1.57. The maximum absolute atomic E-state index is 12.3. The van der Waals surface area contributed by atoms with E-state index in [9.17, 15) is 4.79 Å². The summed E-state index contributed by atoms with van der Waals surface area (Å²) in [6, 6.07) is 13.8. The van der Waals surface area contributed by atoms with Gasteiger partial charge in [-0.15, -0.1) is 0 Å². The molecule has 0 bridgehead atoms. The molecule has 0 spiro atoms. The quantitative estimate of drug-likeness (QED) is 0.795. The van der Waals surface area contributed by atoms with Crippen LogP contribution in [-0.2, 0) is 6.54 Å². The van der Waals surface area contributed by atoms with Gasteiger partial charge in [-0.2, -0.15) is 5.10 Å². The largest absolute Gasteiger partial charge is 0.347 e. The van der Waals surface area contributed by atoms with Crippen LogP contribution in [0.3, 0.4) is 0 Å². The number of pyridine rings is 1. The summed E-state index contributed by atoms with van der Waals surface area (Å²) in [6.07, 6.45) is 5.85. The molecule has 1 unspecified atom stereocenters. The average Bonchev–Trinajstić information content (AvgIpc) is 3.05. The van der Waals surface area contributed by atoms with Crippen LogP contribution >= 0.6 is 0 Å². The number of hydrogen-bond donors (Lipinski definition) is 1. The Kier molecular flexibility index (Phi) is 4.43. The summed E-state index contributed by atoms with van der Waals surface area (Å²) < 4.78 is 1.71. The lowest BCUT2D eigenvalue weighted by Crippen LogP contribution is -2.35. The molecule has 6 heteroatoms. The van der Waals surface area contributed by atoms with Crippen molar-refractivity contribution in [1.82, 2.24) is 24.6 Å². The number of hydrogen-bond acceptors (Lipinski definition) is 4. The van der Waals surface area contributed by atoms with Gasteiger partial charge in [0.05, 0.1) is 5.69 Å². The molecule has 1 N–H and O–H groups in total. The average molecular weight is 335 g/mol. The van der Waals surface area contributed by atoms with Crippen molar-refractivity contribution < 1.29 is 0 Å². The van der Waals surface area contributed by atoms with Crippen LogP contribution in [0.25, 0.3) is 5.69 Å². The number of aromatic nitrogens is 4. The third kappa shape index (κ3) is 3.39. The van der Waals surface area contributed by atoms with Gasteiger partial charge in [0.15, 0.2) is 0 Å². The van der Waals surface area contributed by atoms with Gasteiger partial charge in [-0.05, 0) is 43.1 Å². The molecule has 25 heavy (non-hydrogen) atoms. The van der Waals surface area contributed by atoms with Gasteiger partial charge in [-0.3, -0.25) is 9.88 Å². The normalized spacial score (nSPS) is 18.3. The minimum absolute atomic E-state index is 0.175. The molecule has 1 saturated heterocycles. The lowest BCUT2D eigenvalue weighted by atomic mass is 9.96. The highest BCUT2D eigenvalue weighted by molar-refractivity contribution is 5.32. The van der Waals surface area contributed by atoms with Crippen molar-refractivity contribution >= 4 is 0 Å². The Labute approximate surface area is 146 Å². The number of piperidine rings is 1. The Morgan fingerprint density at radius 2 is 2.04 bits per heavy atom. The number of H-pyrrole nitrogens is 1. The molecule has 1 aliphatic rings. The molecule has 1 atom stereocenters. The maximum atomic E-state index is 12.3. The molecule has 0 aliphatic carbocycles. The molecule has 0 radical (unpaired) electrons. The Morgan fingerprint density at radius 1 is 1.16 bits per heavy atom. The fraction of sp³-hybridized carbons (Fsp3) is 0.316. The van der Waals surface area contributed by atoms with Gasteiger partial charge in [0.25, 0.3) is 0 Å². The highest BCUT2D eigenvalue weighted by Crippen LogP contribution is 2.27. The lowest BCUT2D eigenvalue weighted by molar-refractivity contribution is 0.195. The molecule has 1 aliphatic heterocycles. The predicted molar refractivity (Wildman–Crippen MR) is 95.7 cm³/mol. The predicted octanol–water partition coefficient (Wildman–Crippen LogP) is 2.34. The second-order valence-electron chi connectivity index (χ2n) is 6.49. The van der Waals surface area contributed by atoms with E-state index in [1.165, 1.54) is 5.56 Å². The van der Waals surface area contributed by atoms with E-state index in [2.05, 4.69) is 26.1 Å². The topological polar surface area (TPSA) is 66.8 Å². The summed E-state index contributed by atoms with van der Waals surface area (Å²) in [4.78, 5) is 18.9. The zero-order valence-electron chi connectivity index (χ0n) is 14.0. The Morgan fingerprint density at radius 3 is 2.84 bits per heavy atom. The molecule has 1 fully saturated rings. The first kappa shape index (κ1) is 15.8. The number of nitrogens with zero attached hydrogens (tertiary/aromatic N) is 4. The van der Waals surface area contributed by atoms with Gasteiger partial charge in [0.2, 0.25) is 0 Å². The first-order chi connectivity index (χ1) is 12.3. The van der Waals surface area contributed by atoms with E-state index < -0.39 is 0 Å². The number of rotatable bonds is 4. The minimum Gasteiger partial charge on any atom is -0.298 e. The number of likely N-dealkylation sites (tertiary alicyclic amines) is 1. The number of nitrogens with one attached hydrogen (secondary N) is 1. The first-order valence-electron chi connectivity index (χ1n) is 8.65. The zero-order valence-corrected chi connectivity index (χ0v) is 14.0. The molecule has 3 aromatic rings. The van der Waals surface area contributed by atoms with Crippen LogP contribution in [0.15, 0.2) is 59.7 Å². The van der Waals surface area contributed by atoms with E-state index in [-0.39, 0.29) is 11.6 Å². The summed E-state index contributed by atoms with van der Waals surface area (Å²) in [7, 11) is 0. The van der Waals surface area contributed by atoms with Crippen LogP contribution in [0.4, 0.5) is 0 Å². The Bertz CT molecular complexity index is 872. The monoisotopic (exact) mass is 335 g/mol. The van der Waals surface area contributed by atoms with Crippen LogP contribution in [0.5, 0.6) is 0 Å². The first-order valence-corrected chi connectivity index (χ1v) is 8.65. The number of benzene rings is 1. The summed E-state index contributed by atoms with van der Waals surface area (Å²) in [5, 5.41) is 6.97. The number of aromatic amines is 1. The molecule has 0 amide bonds. The summed E-state index contributed by atoms with van der Waals surface area (Å²) in [5.74, 6) is 1.07. The van der Waals surface area contributed by atoms with Crippen molar-refractivity contribution in [3.05, 3.63) is 76.7 Å². The highest BCUT2D eigenvalue weighted by Gasteiger charge is 2.26. The highest BCUT2D eigenvalue weighted by atomic mass is 16.1. The van der Waals surface area contributed by atoms with Gasteiger partial charge in [0, 0.05) is 31.4 Å². The molecular formula is C19H21N5O. The molecular weight excluding hydrogens is 314 g/mol. The summed E-state index contributed by atoms with van der Waals surface area (Å²) >= 11 is 0. The smallest absolute Gasteiger partial charge is 0.298 e. The second-order valence-corrected chi connectivity index (χ2v) is 6.49. The van der Waals surface area contributed by atoms with Crippen LogP contribution in [0.1, 0.15) is 30.1 Å². The van der Waals surface area contributed by atoms with Crippen molar-refractivity contribution in [2.45, 2.75) is 25.3 Å². The van der Waals surface area contributed by atoms with E-state index >= 15 is 0 Å². The SMILES string of the molecule is O=c1[nH]nc(C2CCCN(Cc3cccnc3)C2)n1-c1ccccc1. The third-order valence-corrected chi connectivity index (χ3v) is 4.71. The lowest BCUT2D eigenvalue weighted by Gasteiger charge is -2.32. The van der Waals surface area contributed by atoms with E-state index in [0.29, 0.717) is 0 Å². The van der Waals surface area contributed by atoms with Crippen LogP contribution in [0, 0.1) is 0 Å². The van der Waals surface area contributed by atoms with Crippen molar-refractivity contribution in [2.75, 3.05) is 13.1 Å². The fourth-order valence-corrected chi connectivity index (χ4v) is 3.57. The number of para-hydroxylation sites is 1. The van der Waals surface area contributed by atoms with Crippen molar-refractivity contribution in [3.8, 4) is 5.69 Å². The Hall–Kier alpha value is -2.73. The van der Waals surface area contributed by atoms with Crippen molar-refractivity contribution in [1.29, 1.82) is 0 Å². The molecule has 0 saturated carbocycles. The second kappa shape index (κ2) is 7.03. The van der Waals surface area contributed by atoms with Gasteiger partial charge in [-0.25, -0.2) is 14.5 Å². The van der Waals surface area contributed by atoms with E-state index in [4.69, 9.17) is 0 Å². The van der Waals surface area contributed by atoms with E-state index in [1.807, 2.05) is 42.6 Å². The molecule has 6 nitrogen and oxygen atoms in total. The zero-order chi connectivity index (χ0) is 17.1. The van der Waals surface area contributed by atoms with Crippen molar-refractivity contribution in [3.63, 3.8) is 0 Å². The molecule has 3 heterocycles. The molecule has 128 valence electrons. The summed E-state index contributed by atoms with van der Waals surface area (Å²) in [5.41, 5.74) is 1.90. The third-order valence-electron chi connectivity index (χ3n) is 4.71. The van der Waals surface area contributed by atoms with Crippen LogP contribution in [-0.4, -0.2) is 37.7 Å². The van der Waals surface area contributed by atoms with Gasteiger partial charge < -0.3 is 0 Å². The van der Waals surface area contributed by atoms with E-state index in [1.54, 1.807) is 10.8 Å². The van der Waals surface area contributed by atoms with E-state index in [0.717, 1.165) is 44.0 Å². The molecule has 4 rings (SSSR count). The van der Waals surface area contributed by atoms with Gasteiger partial charge >= 0.3 is 5.69 Å². The maximum Gasteiger partial charge on any atom is 0.347 e. The van der Waals surface area contributed by atoms with Crippen LogP contribution in [0.2, 0.25) is 0 Å².